The van der Waals surface area contributed by atoms with Gasteiger partial charge in [0.25, 0.3) is 0 Å². The van der Waals surface area contributed by atoms with Gasteiger partial charge in [0.1, 0.15) is 11.9 Å². The molecule has 5 heteroatoms. The number of hydrogen-bond donors (Lipinski definition) is 0. The summed E-state index contributed by atoms with van der Waals surface area (Å²) in [6.07, 6.45) is 3.60. The SMILES string of the molecule is Br.CC(C)(C)c1c[n+]2c(n1-c1ccc(Br)cc1)SCCC2. The summed E-state index contributed by atoms with van der Waals surface area (Å²) in [5.41, 5.74) is 2.77. The average Bonchev–Trinajstić information content (AvgIpc) is 2.79. The molecule has 0 bridgehead atoms. The van der Waals surface area contributed by atoms with Crippen LogP contribution in [0.5, 0.6) is 0 Å². The maximum atomic E-state index is 3.52. The average molecular weight is 433 g/mol. The topological polar surface area (TPSA) is 8.81 Å². The van der Waals surface area contributed by atoms with E-state index in [1.807, 2.05) is 11.8 Å². The van der Waals surface area contributed by atoms with E-state index in [-0.39, 0.29) is 22.4 Å². The standard InChI is InChI=1S/C16H20BrN2S.BrH/c1-16(2,3)14-11-18-9-4-10-20-15(18)19(14)13-7-5-12(17)6-8-13;/h5-8,11H,4,9-10H2,1-3H3;1H/q+1;. The van der Waals surface area contributed by atoms with Gasteiger partial charge >= 0.3 is 5.16 Å². The Balaban J connectivity index is 0.00000161. The molecule has 3 rings (SSSR count). The van der Waals surface area contributed by atoms with E-state index < -0.39 is 0 Å². The first kappa shape index (κ1) is 17.1. The molecule has 0 unspecified atom stereocenters. The van der Waals surface area contributed by atoms with Crippen molar-refractivity contribution in [3.8, 4) is 5.69 Å². The van der Waals surface area contributed by atoms with Gasteiger partial charge in [0.15, 0.2) is 5.69 Å². The molecule has 0 fully saturated rings. The largest absolute Gasteiger partial charge is 0.323 e. The van der Waals surface area contributed by atoms with Crippen LogP contribution in [0.25, 0.3) is 5.69 Å². The van der Waals surface area contributed by atoms with Crippen LogP contribution in [0.3, 0.4) is 0 Å². The smallest absolute Gasteiger partial charge is 0.224 e. The van der Waals surface area contributed by atoms with Crippen molar-refractivity contribution < 1.29 is 4.57 Å². The molecular formula is C16H21Br2N2S+. The van der Waals surface area contributed by atoms with Crippen molar-refractivity contribution in [1.29, 1.82) is 0 Å². The molecule has 2 heterocycles. The first-order valence-electron chi connectivity index (χ1n) is 7.01. The number of nitrogens with zero attached hydrogens (tertiary/aromatic N) is 2. The van der Waals surface area contributed by atoms with E-state index in [0.29, 0.717) is 0 Å². The van der Waals surface area contributed by atoms with Gasteiger partial charge in [0, 0.05) is 15.6 Å². The third kappa shape index (κ3) is 3.40. The maximum absolute atomic E-state index is 3.52. The number of imidazole rings is 1. The van der Waals surface area contributed by atoms with Crippen LogP contribution in [0.1, 0.15) is 32.9 Å². The van der Waals surface area contributed by atoms with Crippen LogP contribution in [-0.2, 0) is 12.0 Å². The third-order valence-electron chi connectivity index (χ3n) is 3.58. The summed E-state index contributed by atoms with van der Waals surface area (Å²) >= 11 is 5.49. The van der Waals surface area contributed by atoms with Gasteiger partial charge < -0.3 is 0 Å². The highest BCUT2D eigenvalue weighted by molar-refractivity contribution is 9.10. The summed E-state index contributed by atoms with van der Waals surface area (Å²) in [6, 6.07) is 8.61. The van der Waals surface area contributed by atoms with Gasteiger partial charge in [-0.2, -0.15) is 4.57 Å². The number of halogens is 2. The fourth-order valence-corrected chi connectivity index (χ4v) is 3.93. The molecule has 0 N–H and O–H groups in total. The summed E-state index contributed by atoms with van der Waals surface area (Å²) in [5, 5.41) is 1.36. The molecule has 1 aliphatic heterocycles. The minimum absolute atomic E-state index is 0. The first-order chi connectivity index (χ1) is 9.47. The Morgan fingerprint density at radius 1 is 1.19 bits per heavy atom. The predicted molar refractivity (Wildman–Crippen MR) is 98.0 cm³/mol. The Morgan fingerprint density at radius 3 is 2.48 bits per heavy atom. The van der Waals surface area contributed by atoms with E-state index in [1.54, 1.807) is 0 Å². The van der Waals surface area contributed by atoms with E-state index in [0.717, 1.165) is 11.0 Å². The summed E-state index contributed by atoms with van der Waals surface area (Å²) in [4.78, 5) is 0. The van der Waals surface area contributed by atoms with Gasteiger partial charge in [-0.1, -0.05) is 36.7 Å². The molecular weight excluding hydrogens is 412 g/mol. The number of thioether (sulfide) groups is 1. The number of aromatic nitrogens is 2. The van der Waals surface area contributed by atoms with Gasteiger partial charge in [-0.3, -0.25) is 0 Å². The van der Waals surface area contributed by atoms with E-state index in [1.165, 1.54) is 28.7 Å². The van der Waals surface area contributed by atoms with Gasteiger partial charge in [0.2, 0.25) is 0 Å². The summed E-state index contributed by atoms with van der Waals surface area (Å²) < 4.78 is 5.97. The van der Waals surface area contributed by atoms with Crippen LogP contribution in [-0.4, -0.2) is 10.3 Å². The molecule has 0 amide bonds. The van der Waals surface area contributed by atoms with Gasteiger partial charge in [0.05, 0.1) is 6.54 Å². The van der Waals surface area contributed by atoms with Crippen molar-refractivity contribution >= 4 is 44.7 Å². The highest BCUT2D eigenvalue weighted by Gasteiger charge is 2.33. The molecule has 0 aliphatic carbocycles. The summed E-state index contributed by atoms with van der Waals surface area (Å²) in [7, 11) is 0. The molecule has 0 spiro atoms. The fourth-order valence-electron chi connectivity index (χ4n) is 2.57. The molecule has 2 nitrogen and oxygen atoms in total. The van der Waals surface area contributed by atoms with Gasteiger partial charge in [-0.15, -0.1) is 17.0 Å². The zero-order valence-electron chi connectivity index (χ0n) is 12.6. The molecule has 114 valence electrons. The van der Waals surface area contributed by atoms with Crippen LogP contribution in [0, 0.1) is 0 Å². The Hall–Kier alpha value is -0.260. The maximum Gasteiger partial charge on any atom is 0.323 e. The lowest BCUT2D eigenvalue weighted by molar-refractivity contribution is -0.734. The Bertz CT molecular complexity index is 627. The molecule has 1 aliphatic rings. The van der Waals surface area contributed by atoms with Crippen molar-refractivity contribution in [3.63, 3.8) is 0 Å². The molecule has 0 saturated heterocycles. The van der Waals surface area contributed by atoms with Crippen LogP contribution in [0.2, 0.25) is 0 Å². The lowest BCUT2D eigenvalue weighted by Crippen LogP contribution is -2.37. The van der Waals surface area contributed by atoms with Crippen LogP contribution in [0.4, 0.5) is 0 Å². The number of hydrogen-bond acceptors (Lipinski definition) is 1. The second-order valence-corrected chi connectivity index (χ2v) is 8.23. The number of aryl methyl sites for hydroxylation is 1. The molecule has 1 aromatic carbocycles. The highest BCUT2D eigenvalue weighted by Crippen LogP contribution is 2.32. The van der Waals surface area contributed by atoms with Crippen LogP contribution < -0.4 is 4.57 Å². The Morgan fingerprint density at radius 2 is 1.86 bits per heavy atom. The van der Waals surface area contributed by atoms with Crippen molar-refractivity contribution in [1.82, 2.24) is 4.57 Å². The lowest BCUT2D eigenvalue weighted by atomic mass is 9.92. The molecule has 0 atom stereocenters. The number of benzene rings is 1. The van der Waals surface area contributed by atoms with Gasteiger partial charge in [-0.05, 0) is 42.4 Å². The van der Waals surface area contributed by atoms with Crippen LogP contribution in [0.15, 0.2) is 40.1 Å². The molecule has 1 aromatic heterocycles. The molecule has 0 radical (unpaired) electrons. The van der Waals surface area contributed by atoms with Crippen LogP contribution >= 0.6 is 44.7 Å². The fraction of sp³-hybridized carbons (Fsp3) is 0.438. The summed E-state index contributed by atoms with van der Waals surface area (Å²) in [5.74, 6) is 1.21. The zero-order chi connectivity index (χ0) is 14.3. The Labute approximate surface area is 149 Å². The van der Waals surface area contributed by atoms with E-state index >= 15 is 0 Å². The minimum Gasteiger partial charge on any atom is -0.224 e. The second-order valence-electron chi connectivity index (χ2n) is 6.25. The minimum atomic E-state index is 0. The molecule has 0 saturated carbocycles. The van der Waals surface area contributed by atoms with Crippen molar-refractivity contribution in [3.05, 3.63) is 40.6 Å². The zero-order valence-corrected chi connectivity index (χ0v) is 16.7. The van der Waals surface area contributed by atoms with Crippen molar-refractivity contribution in [2.75, 3.05) is 5.75 Å². The van der Waals surface area contributed by atoms with Crippen molar-refractivity contribution in [2.45, 2.75) is 44.3 Å². The van der Waals surface area contributed by atoms with E-state index in [9.17, 15) is 0 Å². The second kappa shape index (κ2) is 6.47. The quantitative estimate of drug-likeness (QED) is 0.582. The first-order valence-corrected chi connectivity index (χ1v) is 8.79. The van der Waals surface area contributed by atoms with Crippen molar-refractivity contribution in [2.24, 2.45) is 0 Å². The number of rotatable bonds is 1. The lowest BCUT2D eigenvalue weighted by Gasteiger charge is -2.16. The van der Waals surface area contributed by atoms with Gasteiger partial charge in [-0.25, -0.2) is 4.57 Å². The molecule has 21 heavy (non-hydrogen) atoms. The number of fused-ring (bicyclic) bond motifs is 1. The third-order valence-corrected chi connectivity index (χ3v) is 5.28. The predicted octanol–water partition coefficient (Wildman–Crippen LogP) is 4.90. The normalized spacial score (nSPS) is 14.5. The summed E-state index contributed by atoms with van der Waals surface area (Å²) in [6.45, 7) is 7.99. The Kier molecular flexibility index (Phi) is 5.27. The molecule has 2 aromatic rings. The highest BCUT2D eigenvalue weighted by atomic mass is 79.9. The van der Waals surface area contributed by atoms with E-state index in [2.05, 4.69) is 76.3 Å². The monoisotopic (exact) mass is 431 g/mol. The van der Waals surface area contributed by atoms with E-state index in [4.69, 9.17) is 0 Å².